The summed E-state index contributed by atoms with van der Waals surface area (Å²) >= 11 is 3.12. The molecular formula is C29H30N6OS2. The molecule has 194 valence electrons. The predicted molar refractivity (Wildman–Crippen MR) is 160 cm³/mol. The van der Waals surface area contributed by atoms with E-state index in [9.17, 15) is 4.79 Å². The highest BCUT2D eigenvalue weighted by Gasteiger charge is 2.17. The number of anilines is 1. The SMILES string of the molecule is CCN(CC)c1ccc(C=Nn2c(-c3cccs3)csc2=Nc2c(C)n(C)n(-c3ccccc3)c2=O)cc1. The number of thiophene rings is 1. The molecule has 3 heterocycles. The molecule has 0 saturated heterocycles. The largest absolute Gasteiger partial charge is 0.372 e. The number of nitrogens with zero attached hydrogens (tertiary/aromatic N) is 6. The lowest BCUT2D eigenvalue weighted by Gasteiger charge is -2.20. The third kappa shape index (κ3) is 4.94. The second kappa shape index (κ2) is 11.2. The fourth-order valence-corrected chi connectivity index (χ4v) is 5.98. The fraction of sp³-hybridized carbons (Fsp3) is 0.207. The Balaban J connectivity index is 1.60. The number of hydrogen-bond donors (Lipinski definition) is 0. The molecular weight excluding hydrogens is 512 g/mol. The van der Waals surface area contributed by atoms with Crippen LogP contribution in [0.3, 0.4) is 0 Å². The fourth-order valence-electron chi connectivity index (χ4n) is 4.35. The van der Waals surface area contributed by atoms with Crippen LogP contribution in [0.15, 0.2) is 92.4 Å². The van der Waals surface area contributed by atoms with E-state index in [0.717, 1.165) is 40.6 Å². The van der Waals surface area contributed by atoms with Gasteiger partial charge in [-0.25, -0.2) is 14.4 Å². The number of aromatic nitrogens is 3. The third-order valence-corrected chi connectivity index (χ3v) is 8.24. The van der Waals surface area contributed by atoms with Crippen molar-refractivity contribution < 1.29 is 0 Å². The molecule has 0 bridgehead atoms. The van der Waals surface area contributed by atoms with Crippen LogP contribution in [-0.2, 0) is 7.05 Å². The molecule has 0 aliphatic heterocycles. The normalized spacial score (nSPS) is 12.1. The van der Waals surface area contributed by atoms with Gasteiger partial charge in [-0.3, -0.25) is 9.48 Å². The second-order valence-corrected chi connectivity index (χ2v) is 10.5. The van der Waals surface area contributed by atoms with Crippen molar-refractivity contribution >= 4 is 40.3 Å². The standard InChI is InChI=1S/C29H30N6OS2/c1-5-33(6-2)23-16-14-22(15-17-23)19-30-34-25(26-13-10-18-37-26)20-38-29(34)31-27-21(3)32(4)35(28(27)36)24-11-8-7-9-12-24/h7-20H,5-6H2,1-4H3. The van der Waals surface area contributed by atoms with Crippen LogP contribution >= 0.6 is 22.7 Å². The molecule has 7 nitrogen and oxygen atoms in total. The highest BCUT2D eigenvalue weighted by molar-refractivity contribution is 7.14. The van der Waals surface area contributed by atoms with E-state index in [2.05, 4.69) is 49.1 Å². The molecule has 0 amide bonds. The molecule has 0 aliphatic carbocycles. The van der Waals surface area contributed by atoms with Gasteiger partial charge in [0.25, 0.3) is 5.56 Å². The Hall–Kier alpha value is -3.95. The number of benzene rings is 2. The summed E-state index contributed by atoms with van der Waals surface area (Å²) in [5.74, 6) is 0. The average Bonchev–Trinajstić information content (AvgIpc) is 3.66. The highest BCUT2D eigenvalue weighted by atomic mass is 32.1. The Labute approximate surface area is 229 Å². The maximum absolute atomic E-state index is 13.5. The Kier molecular flexibility index (Phi) is 7.57. The van der Waals surface area contributed by atoms with Crippen LogP contribution in [0.2, 0.25) is 0 Å². The van der Waals surface area contributed by atoms with E-state index in [1.54, 1.807) is 16.0 Å². The van der Waals surface area contributed by atoms with Crippen LogP contribution in [0.5, 0.6) is 0 Å². The summed E-state index contributed by atoms with van der Waals surface area (Å²) < 4.78 is 5.32. The molecule has 5 aromatic rings. The number of hydrogen-bond acceptors (Lipinski definition) is 6. The molecule has 0 fully saturated rings. The first-order valence-corrected chi connectivity index (χ1v) is 14.3. The van der Waals surface area contributed by atoms with Gasteiger partial charge in [0.15, 0.2) is 5.69 Å². The topological polar surface area (TPSA) is 59.8 Å². The third-order valence-electron chi connectivity index (χ3n) is 6.53. The molecule has 0 radical (unpaired) electrons. The molecule has 9 heteroatoms. The minimum atomic E-state index is -0.162. The van der Waals surface area contributed by atoms with Crippen LogP contribution in [0, 0.1) is 6.92 Å². The van der Waals surface area contributed by atoms with Crippen molar-refractivity contribution in [2.45, 2.75) is 20.8 Å². The average molecular weight is 543 g/mol. The van der Waals surface area contributed by atoms with E-state index in [0.29, 0.717) is 10.5 Å². The summed E-state index contributed by atoms with van der Waals surface area (Å²) in [6, 6.07) is 22.1. The molecule has 0 N–H and O–H groups in total. The van der Waals surface area contributed by atoms with Crippen molar-refractivity contribution in [2.75, 3.05) is 18.0 Å². The Morgan fingerprint density at radius 1 is 0.947 bits per heavy atom. The van der Waals surface area contributed by atoms with Gasteiger partial charge in [0.2, 0.25) is 4.80 Å². The van der Waals surface area contributed by atoms with Gasteiger partial charge in [0.05, 0.1) is 28.2 Å². The molecule has 5 rings (SSSR count). The smallest absolute Gasteiger partial charge is 0.297 e. The highest BCUT2D eigenvalue weighted by Crippen LogP contribution is 2.26. The van der Waals surface area contributed by atoms with E-state index in [4.69, 9.17) is 10.1 Å². The number of para-hydroxylation sites is 1. The summed E-state index contributed by atoms with van der Waals surface area (Å²) in [6.07, 6.45) is 1.84. The zero-order valence-electron chi connectivity index (χ0n) is 21.9. The quantitative estimate of drug-likeness (QED) is 0.225. The van der Waals surface area contributed by atoms with Crippen molar-refractivity contribution in [3.8, 4) is 16.3 Å². The first-order chi connectivity index (χ1) is 18.5. The van der Waals surface area contributed by atoms with Gasteiger partial charge < -0.3 is 4.90 Å². The summed E-state index contributed by atoms with van der Waals surface area (Å²) in [7, 11) is 1.88. The van der Waals surface area contributed by atoms with Gasteiger partial charge in [0.1, 0.15) is 0 Å². The van der Waals surface area contributed by atoms with Crippen LogP contribution in [-0.4, -0.2) is 33.3 Å². The van der Waals surface area contributed by atoms with Crippen molar-refractivity contribution in [3.05, 3.63) is 104 Å². The summed E-state index contributed by atoms with van der Waals surface area (Å²) in [5.41, 5.74) is 4.95. The van der Waals surface area contributed by atoms with E-state index >= 15 is 0 Å². The van der Waals surface area contributed by atoms with Crippen LogP contribution < -0.4 is 15.3 Å². The maximum atomic E-state index is 13.5. The van der Waals surface area contributed by atoms with E-state index < -0.39 is 0 Å². The number of rotatable bonds is 8. The molecule has 2 aromatic carbocycles. The van der Waals surface area contributed by atoms with E-state index in [1.165, 1.54) is 17.0 Å². The molecule has 0 unspecified atom stereocenters. The summed E-state index contributed by atoms with van der Waals surface area (Å²) in [6.45, 7) is 8.17. The van der Waals surface area contributed by atoms with Crippen LogP contribution in [0.1, 0.15) is 25.1 Å². The van der Waals surface area contributed by atoms with Gasteiger partial charge >= 0.3 is 0 Å². The Morgan fingerprint density at radius 2 is 1.68 bits per heavy atom. The molecule has 3 aromatic heterocycles. The first-order valence-electron chi connectivity index (χ1n) is 12.5. The zero-order valence-corrected chi connectivity index (χ0v) is 23.5. The van der Waals surface area contributed by atoms with Crippen molar-refractivity contribution in [1.29, 1.82) is 0 Å². The maximum Gasteiger partial charge on any atom is 0.297 e. The monoisotopic (exact) mass is 542 g/mol. The van der Waals surface area contributed by atoms with Gasteiger partial charge in [-0.1, -0.05) is 36.4 Å². The van der Waals surface area contributed by atoms with E-state index in [1.807, 2.05) is 76.7 Å². The van der Waals surface area contributed by atoms with E-state index in [-0.39, 0.29) is 5.56 Å². The zero-order chi connectivity index (χ0) is 26.6. The molecule has 0 atom stereocenters. The molecule has 0 saturated carbocycles. The van der Waals surface area contributed by atoms with Crippen molar-refractivity contribution in [1.82, 2.24) is 14.0 Å². The summed E-state index contributed by atoms with van der Waals surface area (Å²) in [4.78, 5) is 22.4. The van der Waals surface area contributed by atoms with Gasteiger partial charge in [-0.05, 0) is 62.0 Å². The van der Waals surface area contributed by atoms with Gasteiger partial charge in [-0.2, -0.15) is 5.10 Å². The van der Waals surface area contributed by atoms with Crippen molar-refractivity contribution in [2.24, 2.45) is 17.1 Å². The Bertz CT molecular complexity index is 1670. The first kappa shape index (κ1) is 25.7. The minimum absolute atomic E-state index is 0.162. The number of thiazole rings is 1. The lowest BCUT2D eigenvalue weighted by Crippen LogP contribution is -2.21. The molecule has 0 spiro atoms. The second-order valence-electron chi connectivity index (χ2n) is 8.72. The lowest BCUT2D eigenvalue weighted by molar-refractivity contribution is 0.630. The lowest BCUT2D eigenvalue weighted by atomic mass is 10.2. The molecule has 0 aliphatic rings. The van der Waals surface area contributed by atoms with Crippen LogP contribution in [0.25, 0.3) is 16.3 Å². The Morgan fingerprint density at radius 3 is 2.34 bits per heavy atom. The van der Waals surface area contributed by atoms with Gasteiger partial charge in [-0.15, -0.1) is 22.7 Å². The van der Waals surface area contributed by atoms with Crippen LogP contribution in [0.4, 0.5) is 11.4 Å². The minimum Gasteiger partial charge on any atom is -0.372 e. The predicted octanol–water partition coefficient (Wildman–Crippen LogP) is 6.04. The molecule has 38 heavy (non-hydrogen) atoms. The van der Waals surface area contributed by atoms with Crippen molar-refractivity contribution in [3.63, 3.8) is 0 Å². The van der Waals surface area contributed by atoms with Gasteiger partial charge in [0, 0.05) is 31.2 Å². The summed E-state index contributed by atoms with van der Waals surface area (Å²) in [5, 5.41) is 8.92.